The SMILES string of the molecule is CCNCc1cc(S(=O)(=O)NCC(C)(C)C)ccc1F. The van der Waals surface area contributed by atoms with Gasteiger partial charge in [-0.2, -0.15) is 0 Å². The molecule has 0 heterocycles. The quantitative estimate of drug-likeness (QED) is 0.847. The fraction of sp³-hybridized carbons (Fsp3) is 0.571. The second-order valence-electron chi connectivity index (χ2n) is 5.92. The number of benzene rings is 1. The van der Waals surface area contributed by atoms with E-state index in [9.17, 15) is 12.8 Å². The van der Waals surface area contributed by atoms with E-state index in [4.69, 9.17) is 0 Å². The van der Waals surface area contributed by atoms with Crippen molar-refractivity contribution in [2.75, 3.05) is 13.1 Å². The highest BCUT2D eigenvalue weighted by atomic mass is 32.2. The van der Waals surface area contributed by atoms with E-state index in [-0.39, 0.29) is 10.3 Å². The molecule has 0 atom stereocenters. The highest BCUT2D eigenvalue weighted by molar-refractivity contribution is 7.89. The van der Waals surface area contributed by atoms with Crippen molar-refractivity contribution >= 4 is 10.0 Å². The average Bonchev–Trinajstić information content (AvgIpc) is 2.34. The summed E-state index contributed by atoms with van der Waals surface area (Å²) < 4.78 is 40.5. The molecule has 4 nitrogen and oxygen atoms in total. The van der Waals surface area contributed by atoms with Crippen LogP contribution in [0.3, 0.4) is 0 Å². The predicted molar refractivity (Wildman–Crippen MR) is 78.4 cm³/mol. The minimum atomic E-state index is -3.60. The first-order valence-corrected chi connectivity index (χ1v) is 8.13. The van der Waals surface area contributed by atoms with E-state index in [0.29, 0.717) is 25.2 Å². The number of rotatable bonds is 6. The van der Waals surface area contributed by atoms with Crippen molar-refractivity contribution in [3.63, 3.8) is 0 Å². The van der Waals surface area contributed by atoms with E-state index in [1.165, 1.54) is 18.2 Å². The fourth-order valence-electron chi connectivity index (χ4n) is 1.51. The number of sulfonamides is 1. The van der Waals surface area contributed by atoms with E-state index < -0.39 is 15.8 Å². The Morgan fingerprint density at radius 2 is 1.90 bits per heavy atom. The zero-order valence-corrected chi connectivity index (χ0v) is 13.3. The Labute approximate surface area is 120 Å². The highest BCUT2D eigenvalue weighted by Gasteiger charge is 2.19. The van der Waals surface area contributed by atoms with Gasteiger partial charge in [-0.15, -0.1) is 0 Å². The summed E-state index contributed by atoms with van der Waals surface area (Å²) in [5, 5.41) is 2.99. The van der Waals surface area contributed by atoms with Gasteiger partial charge in [0.1, 0.15) is 5.82 Å². The molecule has 0 bridgehead atoms. The summed E-state index contributed by atoms with van der Waals surface area (Å²) in [4.78, 5) is 0.0936. The van der Waals surface area contributed by atoms with E-state index in [1.54, 1.807) is 0 Å². The van der Waals surface area contributed by atoms with E-state index in [2.05, 4.69) is 10.0 Å². The molecule has 0 fully saturated rings. The Bertz CT molecular complexity index is 551. The monoisotopic (exact) mass is 302 g/mol. The largest absolute Gasteiger partial charge is 0.313 e. The van der Waals surface area contributed by atoms with Gasteiger partial charge in [0.15, 0.2) is 0 Å². The topological polar surface area (TPSA) is 58.2 Å². The molecule has 0 unspecified atom stereocenters. The van der Waals surface area contributed by atoms with Crippen LogP contribution in [-0.4, -0.2) is 21.5 Å². The van der Waals surface area contributed by atoms with Gasteiger partial charge < -0.3 is 5.32 Å². The third-order valence-electron chi connectivity index (χ3n) is 2.69. The Morgan fingerprint density at radius 3 is 2.45 bits per heavy atom. The molecular formula is C14H23FN2O2S. The van der Waals surface area contributed by atoms with Crippen LogP contribution in [-0.2, 0) is 16.6 Å². The summed E-state index contributed by atoms with van der Waals surface area (Å²) in [6.45, 7) is 9.06. The van der Waals surface area contributed by atoms with Crippen LogP contribution in [0.1, 0.15) is 33.3 Å². The van der Waals surface area contributed by atoms with Crippen LogP contribution in [0.4, 0.5) is 4.39 Å². The summed E-state index contributed by atoms with van der Waals surface area (Å²) in [5.41, 5.74) is 0.199. The molecule has 2 N–H and O–H groups in total. The molecular weight excluding hydrogens is 279 g/mol. The van der Waals surface area contributed by atoms with Crippen molar-refractivity contribution < 1.29 is 12.8 Å². The molecule has 0 radical (unpaired) electrons. The first-order valence-electron chi connectivity index (χ1n) is 6.64. The van der Waals surface area contributed by atoms with E-state index >= 15 is 0 Å². The zero-order chi connectivity index (χ0) is 15.4. The summed E-state index contributed by atoms with van der Waals surface area (Å²) >= 11 is 0. The van der Waals surface area contributed by atoms with Gasteiger partial charge in [-0.1, -0.05) is 27.7 Å². The number of hydrogen-bond donors (Lipinski definition) is 2. The summed E-state index contributed by atoms with van der Waals surface area (Å²) in [5.74, 6) is -0.402. The van der Waals surface area contributed by atoms with Crippen LogP contribution >= 0.6 is 0 Å². The van der Waals surface area contributed by atoms with Gasteiger partial charge in [0.05, 0.1) is 4.90 Å². The molecule has 0 saturated carbocycles. The molecule has 1 rings (SSSR count). The van der Waals surface area contributed by atoms with E-state index in [0.717, 1.165) is 0 Å². The summed E-state index contributed by atoms with van der Waals surface area (Å²) in [6, 6.07) is 3.86. The molecule has 0 amide bonds. The van der Waals surface area contributed by atoms with Crippen molar-refractivity contribution in [2.45, 2.75) is 39.1 Å². The standard InChI is InChI=1S/C14H23FN2O2S/c1-5-16-9-11-8-12(6-7-13(11)15)20(18,19)17-10-14(2,3)4/h6-8,16-17H,5,9-10H2,1-4H3. The molecule has 0 aliphatic rings. The second kappa shape index (κ2) is 6.65. The zero-order valence-electron chi connectivity index (χ0n) is 12.5. The second-order valence-corrected chi connectivity index (χ2v) is 7.69. The van der Waals surface area contributed by atoms with Crippen LogP contribution in [0.2, 0.25) is 0 Å². The van der Waals surface area contributed by atoms with Crippen LogP contribution < -0.4 is 10.0 Å². The molecule has 1 aromatic carbocycles. The van der Waals surface area contributed by atoms with Gasteiger partial charge in [0.2, 0.25) is 10.0 Å². The normalized spacial score (nSPS) is 12.7. The Kier molecular flexibility index (Phi) is 5.68. The molecule has 0 aliphatic heterocycles. The Hall–Kier alpha value is -0.980. The lowest BCUT2D eigenvalue weighted by Gasteiger charge is -2.19. The van der Waals surface area contributed by atoms with Crippen molar-refractivity contribution in [2.24, 2.45) is 5.41 Å². The van der Waals surface area contributed by atoms with Crippen molar-refractivity contribution in [3.8, 4) is 0 Å². The molecule has 114 valence electrons. The Balaban J connectivity index is 2.95. The molecule has 0 aliphatic carbocycles. The van der Waals surface area contributed by atoms with Gasteiger partial charge >= 0.3 is 0 Å². The first kappa shape index (κ1) is 17.1. The lowest BCUT2D eigenvalue weighted by Crippen LogP contribution is -2.32. The van der Waals surface area contributed by atoms with E-state index in [1.807, 2.05) is 27.7 Å². The molecule has 20 heavy (non-hydrogen) atoms. The number of halogens is 1. The van der Waals surface area contributed by atoms with Gasteiger partial charge in [0, 0.05) is 18.7 Å². The maximum absolute atomic E-state index is 13.6. The summed E-state index contributed by atoms with van der Waals surface area (Å²) in [6.07, 6.45) is 0. The third kappa shape index (κ3) is 5.19. The molecule has 0 aromatic heterocycles. The van der Waals surface area contributed by atoms with Gasteiger partial charge in [-0.25, -0.2) is 17.5 Å². The maximum Gasteiger partial charge on any atom is 0.240 e. The van der Waals surface area contributed by atoms with Gasteiger partial charge in [-0.05, 0) is 30.2 Å². The van der Waals surface area contributed by atoms with Gasteiger partial charge in [0.25, 0.3) is 0 Å². The maximum atomic E-state index is 13.6. The number of hydrogen-bond acceptors (Lipinski definition) is 3. The van der Waals surface area contributed by atoms with Crippen LogP contribution in [0, 0.1) is 11.2 Å². The Morgan fingerprint density at radius 1 is 1.25 bits per heavy atom. The van der Waals surface area contributed by atoms with Crippen molar-refractivity contribution in [1.82, 2.24) is 10.0 Å². The smallest absolute Gasteiger partial charge is 0.240 e. The lowest BCUT2D eigenvalue weighted by molar-refractivity contribution is 0.407. The minimum Gasteiger partial charge on any atom is -0.313 e. The third-order valence-corrected chi connectivity index (χ3v) is 4.08. The molecule has 1 aromatic rings. The van der Waals surface area contributed by atoms with Crippen molar-refractivity contribution in [1.29, 1.82) is 0 Å². The predicted octanol–water partition coefficient (Wildman–Crippen LogP) is 2.26. The van der Waals surface area contributed by atoms with Crippen LogP contribution in [0.15, 0.2) is 23.1 Å². The lowest BCUT2D eigenvalue weighted by atomic mass is 9.98. The molecule has 0 saturated heterocycles. The number of nitrogens with one attached hydrogen (secondary N) is 2. The van der Waals surface area contributed by atoms with Gasteiger partial charge in [-0.3, -0.25) is 0 Å². The van der Waals surface area contributed by atoms with Crippen molar-refractivity contribution in [3.05, 3.63) is 29.6 Å². The fourth-order valence-corrected chi connectivity index (χ4v) is 2.84. The molecule has 0 spiro atoms. The minimum absolute atomic E-state index is 0.0936. The van der Waals surface area contributed by atoms with Crippen LogP contribution in [0.25, 0.3) is 0 Å². The summed E-state index contributed by atoms with van der Waals surface area (Å²) in [7, 11) is -3.60. The average molecular weight is 302 g/mol. The highest BCUT2D eigenvalue weighted by Crippen LogP contribution is 2.17. The molecule has 6 heteroatoms. The first-order chi connectivity index (χ1) is 9.15. The van der Waals surface area contributed by atoms with Crippen LogP contribution in [0.5, 0.6) is 0 Å².